The number of nitrogens with one attached hydrogen (secondary N) is 1. The van der Waals surface area contributed by atoms with Crippen LogP contribution in [0.15, 0.2) is 22.8 Å². The lowest BCUT2D eigenvalue weighted by molar-refractivity contribution is 0.345. The summed E-state index contributed by atoms with van der Waals surface area (Å²) in [5.74, 6) is 0. The summed E-state index contributed by atoms with van der Waals surface area (Å²) in [6, 6.07) is 0. The predicted molar refractivity (Wildman–Crippen MR) is 63.4 cm³/mol. The molecule has 1 nitrogen and oxygen atoms in total. The normalized spacial score (nSPS) is 28.4. The van der Waals surface area contributed by atoms with Crippen molar-refractivity contribution in [2.75, 3.05) is 0 Å². The van der Waals surface area contributed by atoms with Crippen LogP contribution in [0.2, 0.25) is 0 Å². The molecule has 0 spiro atoms. The molecule has 0 aliphatic heterocycles. The van der Waals surface area contributed by atoms with Crippen molar-refractivity contribution >= 4 is 0 Å². The van der Waals surface area contributed by atoms with E-state index < -0.39 is 0 Å². The molecule has 0 aromatic rings. The fourth-order valence-corrected chi connectivity index (χ4v) is 2.24. The first-order valence-electron chi connectivity index (χ1n) is 5.33. The molecule has 1 aliphatic rings. The van der Waals surface area contributed by atoms with Crippen LogP contribution in [0, 0.1) is 0 Å². The molecule has 0 heterocycles. The van der Waals surface area contributed by atoms with Crippen molar-refractivity contribution < 1.29 is 0 Å². The van der Waals surface area contributed by atoms with Gasteiger partial charge in [0.1, 0.15) is 0 Å². The molecular formula is C13H23N. The lowest BCUT2D eigenvalue weighted by Crippen LogP contribution is -2.51. The maximum atomic E-state index is 3.67. The zero-order valence-electron chi connectivity index (χ0n) is 10.6. The van der Waals surface area contributed by atoms with Crippen LogP contribution >= 0.6 is 0 Å². The maximum Gasteiger partial charge on any atom is 0.0563 e. The third-order valence-corrected chi connectivity index (χ3v) is 3.07. The van der Waals surface area contributed by atoms with Crippen LogP contribution in [-0.2, 0) is 0 Å². The van der Waals surface area contributed by atoms with Gasteiger partial charge in [-0.15, -0.1) is 0 Å². The highest BCUT2D eigenvalue weighted by molar-refractivity contribution is 5.48. The van der Waals surface area contributed by atoms with Crippen LogP contribution in [0.3, 0.4) is 0 Å². The minimum Gasteiger partial charge on any atom is -0.300 e. The zero-order valence-corrected chi connectivity index (χ0v) is 10.6. The van der Waals surface area contributed by atoms with Gasteiger partial charge >= 0.3 is 0 Å². The molecule has 0 radical (unpaired) electrons. The first-order chi connectivity index (χ1) is 6.16. The van der Waals surface area contributed by atoms with Gasteiger partial charge in [-0.25, -0.2) is 0 Å². The Bertz CT molecular complexity index is 302. The second kappa shape index (κ2) is 3.23. The summed E-state index contributed by atoms with van der Waals surface area (Å²) in [5.41, 5.74) is 4.49. The topological polar surface area (TPSA) is 12.0 Å². The van der Waals surface area contributed by atoms with Crippen LogP contribution in [0.5, 0.6) is 0 Å². The Morgan fingerprint density at radius 3 is 1.93 bits per heavy atom. The molecule has 0 aromatic heterocycles. The standard InChI is InChI=1S/C13H23N/c1-9-8-13(7,11(3)10(9)2)14-12(4,5)6/h8,14H,1-7H3. The van der Waals surface area contributed by atoms with Gasteiger partial charge < -0.3 is 0 Å². The Hall–Kier alpha value is -0.560. The number of hydrogen-bond donors (Lipinski definition) is 1. The maximum absolute atomic E-state index is 3.67. The van der Waals surface area contributed by atoms with E-state index in [2.05, 4.69) is 59.9 Å². The van der Waals surface area contributed by atoms with Gasteiger partial charge in [0.05, 0.1) is 5.54 Å². The number of rotatable bonds is 1. The Balaban J connectivity index is 3.00. The fourth-order valence-electron chi connectivity index (χ4n) is 2.24. The lowest BCUT2D eigenvalue weighted by Gasteiger charge is -2.35. The van der Waals surface area contributed by atoms with Crippen molar-refractivity contribution in [3.63, 3.8) is 0 Å². The zero-order chi connectivity index (χ0) is 11.1. The van der Waals surface area contributed by atoms with E-state index in [4.69, 9.17) is 0 Å². The number of allylic oxidation sites excluding steroid dienone is 2. The molecule has 0 amide bonds. The Labute approximate surface area is 88.3 Å². The predicted octanol–water partition coefficient (Wildman–Crippen LogP) is 3.43. The fraction of sp³-hybridized carbons (Fsp3) is 0.692. The summed E-state index contributed by atoms with van der Waals surface area (Å²) in [5, 5.41) is 3.67. The van der Waals surface area contributed by atoms with Crippen molar-refractivity contribution in [3.8, 4) is 0 Å². The van der Waals surface area contributed by atoms with Gasteiger partial charge in [-0.1, -0.05) is 11.6 Å². The molecule has 0 fully saturated rings. The second-order valence-corrected chi connectivity index (χ2v) is 5.65. The van der Waals surface area contributed by atoms with Gasteiger partial charge in [-0.2, -0.15) is 0 Å². The molecule has 0 aromatic carbocycles. The van der Waals surface area contributed by atoms with Crippen LogP contribution in [0.25, 0.3) is 0 Å². The summed E-state index contributed by atoms with van der Waals surface area (Å²) in [6.45, 7) is 15.5. The average molecular weight is 193 g/mol. The monoisotopic (exact) mass is 193 g/mol. The summed E-state index contributed by atoms with van der Waals surface area (Å²) < 4.78 is 0. The lowest BCUT2D eigenvalue weighted by atomic mass is 9.91. The van der Waals surface area contributed by atoms with E-state index in [1.54, 1.807) is 0 Å². The van der Waals surface area contributed by atoms with Crippen LogP contribution in [0.4, 0.5) is 0 Å². The van der Waals surface area contributed by atoms with Gasteiger partial charge in [0.2, 0.25) is 0 Å². The Morgan fingerprint density at radius 1 is 1.14 bits per heavy atom. The summed E-state index contributed by atoms with van der Waals surface area (Å²) in [7, 11) is 0. The van der Waals surface area contributed by atoms with E-state index in [1.807, 2.05) is 0 Å². The molecule has 1 unspecified atom stereocenters. The first-order valence-corrected chi connectivity index (χ1v) is 5.33. The Kier molecular flexibility index (Phi) is 2.66. The van der Waals surface area contributed by atoms with E-state index in [1.165, 1.54) is 16.7 Å². The highest BCUT2D eigenvalue weighted by atomic mass is 15.0. The van der Waals surface area contributed by atoms with Crippen molar-refractivity contribution in [1.29, 1.82) is 0 Å². The third kappa shape index (κ3) is 2.09. The minimum atomic E-state index is 0.0480. The van der Waals surface area contributed by atoms with Gasteiger partial charge in [0.25, 0.3) is 0 Å². The van der Waals surface area contributed by atoms with Gasteiger partial charge in [-0.3, -0.25) is 5.32 Å². The molecule has 14 heavy (non-hydrogen) atoms. The molecule has 0 bridgehead atoms. The van der Waals surface area contributed by atoms with E-state index >= 15 is 0 Å². The second-order valence-electron chi connectivity index (χ2n) is 5.65. The SMILES string of the molecule is CC1=CC(C)(NC(C)(C)C)C(C)=C1C. The molecule has 80 valence electrons. The van der Waals surface area contributed by atoms with Crippen LogP contribution < -0.4 is 5.32 Å². The van der Waals surface area contributed by atoms with E-state index in [0.29, 0.717) is 0 Å². The van der Waals surface area contributed by atoms with E-state index in [9.17, 15) is 0 Å². The van der Waals surface area contributed by atoms with Gasteiger partial charge in [0, 0.05) is 5.54 Å². The molecule has 1 atom stereocenters. The smallest absolute Gasteiger partial charge is 0.0563 e. The highest BCUT2D eigenvalue weighted by Gasteiger charge is 2.33. The van der Waals surface area contributed by atoms with Crippen LogP contribution in [0.1, 0.15) is 48.5 Å². The molecule has 0 saturated heterocycles. The van der Waals surface area contributed by atoms with Gasteiger partial charge in [0.15, 0.2) is 0 Å². The van der Waals surface area contributed by atoms with Gasteiger partial charge in [-0.05, 0) is 59.6 Å². The minimum absolute atomic E-state index is 0.0480. The van der Waals surface area contributed by atoms with Crippen molar-refractivity contribution in [2.24, 2.45) is 0 Å². The third-order valence-electron chi connectivity index (χ3n) is 3.07. The quantitative estimate of drug-likeness (QED) is 0.672. The average Bonchev–Trinajstić information content (AvgIpc) is 2.11. The summed E-state index contributed by atoms with van der Waals surface area (Å²) >= 11 is 0. The van der Waals surface area contributed by atoms with E-state index in [0.717, 1.165) is 0 Å². The first kappa shape index (κ1) is 11.5. The molecule has 1 heteroatoms. The molecule has 1 aliphatic carbocycles. The molecular weight excluding hydrogens is 170 g/mol. The molecule has 1 N–H and O–H groups in total. The highest BCUT2D eigenvalue weighted by Crippen LogP contribution is 2.34. The number of hydrogen-bond acceptors (Lipinski definition) is 1. The Morgan fingerprint density at radius 2 is 1.64 bits per heavy atom. The van der Waals surface area contributed by atoms with E-state index in [-0.39, 0.29) is 11.1 Å². The summed E-state index contributed by atoms with van der Waals surface area (Å²) in [4.78, 5) is 0. The summed E-state index contributed by atoms with van der Waals surface area (Å²) in [6.07, 6.45) is 2.34. The van der Waals surface area contributed by atoms with Crippen molar-refractivity contribution in [2.45, 2.75) is 59.5 Å². The van der Waals surface area contributed by atoms with Crippen molar-refractivity contribution in [1.82, 2.24) is 5.32 Å². The van der Waals surface area contributed by atoms with Crippen molar-refractivity contribution in [3.05, 3.63) is 22.8 Å². The molecule has 1 rings (SSSR count). The largest absolute Gasteiger partial charge is 0.300 e. The molecule has 0 saturated carbocycles. The van der Waals surface area contributed by atoms with Crippen LogP contribution in [-0.4, -0.2) is 11.1 Å².